The lowest BCUT2D eigenvalue weighted by molar-refractivity contribution is 0.131. The van der Waals surface area contributed by atoms with Crippen molar-refractivity contribution >= 4 is 0 Å². The Morgan fingerprint density at radius 2 is 1.59 bits per heavy atom. The molecule has 32 heavy (non-hydrogen) atoms. The number of hydrogen-bond donors (Lipinski definition) is 0. The largest absolute Gasteiger partial charge is 0.488 e. The summed E-state index contributed by atoms with van der Waals surface area (Å²) in [6.07, 6.45) is 5.53. The van der Waals surface area contributed by atoms with E-state index in [0.717, 1.165) is 42.0 Å². The van der Waals surface area contributed by atoms with E-state index < -0.39 is 0 Å². The fourth-order valence-corrected chi connectivity index (χ4v) is 4.49. The molecule has 4 nitrogen and oxygen atoms in total. The molecule has 1 aliphatic rings. The molecule has 1 aromatic heterocycles. The molecule has 4 heteroatoms. The fraction of sp³-hybridized carbons (Fsp3) is 0.500. The van der Waals surface area contributed by atoms with Crippen molar-refractivity contribution in [3.63, 3.8) is 0 Å². The zero-order chi connectivity index (χ0) is 23.1. The van der Waals surface area contributed by atoms with Crippen LogP contribution in [0.5, 0.6) is 5.75 Å². The topological polar surface area (TPSA) is 39.9 Å². The van der Waals surface area contributed by atoms with E-state index in [-0.39, 0.29) is 11.1 Å². The van der Waals surface area contributed by atoms with Gasteiger partial charge in [0.2, 0.25) is 0 Å². The number of nitrogens with zero attached hydrogens (tertiary/aromatic N) is 3. The van der Waals surface area contributed by atoms with Gasteiger partial charge in [0.1, 0.15) is 17.0 Å². The second-order valence-electron chi connectivity index (χ2n) is 11.0. The Bertz CT molecular complexity index is 1110. The van der Waals surface area contributed by atoms with Crippen LogP contribution in [0.15, 0.2) is 36.4 Å². The molecule has 0 unspecified atom stereocenters. The fourth-order valence-electron chi connectivity index (χ4n) is 4.49. The van der Waals surface area contributed by atoms with Crippen molar-refractivity contribution in [2.75, 3.05) is 0 Å². The van der Waals surface area contributed by atoms with Gasteiger partial charge >= 0.3 is 0 Å². The van der Waals surface area contributed by atoms with Crippen molar-refractivity contribution in [1.82, 2.24) is 15.0 Å². The molecular weight excluding hydrogens is 394 g/mol. The third kappa shape index (κ3) is 4.60. The number of rotatable bonds is 4. The number of benzene rings is 2. The molecule has 0 atom stereocenters. The van der Waals surface area contributed by atoms with Crippen molar-refractivity contribution in [1.29, 1.82) is 0 Å². The molecule has 0 N–H and O–H groups in total. The van der Waals surface area contributed by atoms with E-state index in [1.165, 1.54) is 35.1 Å². The molecule has 0 aliphatic heterocycles. The third-order valence-electron chi connectivity index (χ3n) is 5.97. The maximum atomic E-state index is 6.18. The van der Waals surface area contributed by atoms with E-state index in [2.05, 4.69) is 94.8 Å². The smallest absolute Gasteiger partial charge is 0.121 e. The zero-order valence-electron chi connectivity index (χ0n) is 20.7. The number of fused-ring (bicyclic) bond motifs is 5. The summed E-state index contributed by atoms with van der Waals surface area (Å²) in [7, 11) is 0. The van der Waals surface area contributed by atoms with Crippen LogP contribution in [0.4, 0.5) is 0 Å². The lowest BCUT2D eigenvalue weighted by Crippen LogP contribution is -2.24. The first-order chi connectivity index (χ1) is 15.1. The van der Waals surface area contributed by atoms with Gasteiger partial charge in [0.25, 0.3) is 0 Å². The molecule has 0 saturated carbocycles. The van der Waals surface area contributed by atoms with Crippen LogP contribution in [0.1, 0.15) is 78.0 Å². The van der Waals surface area contributed by atoms with Gasteiger partial charge in [-0.25, -0.2) is 4.68 Å². The van der Waals surface area contributed by atoms with Crippen LogP contribution in [-0.4, -0.2) is 20.6 Å². The van der Waals surface area contributed by atoms with Gasteiger partial charge in [-0.3, -0.25) is 0 Å². The molecule has 170 valence electrons. The highest BCUT2D eigenvalue weighted by molar-refractivity contribution is 5.83. The van der Waals surface area contributed by atoms with Gasteiger partial charge in [-0.1, -0.05) is 36.8 Å². The van der Waals surface area contributed by atoms with Crippen LogP contribution < -0.4 is 4.74 Å². The molecule has 3 aromatic rings. The summed E-state index contributed by atoms with van der Waals surface area (Å²) in [4.78, 5) is 0. The van der Waals surface area contributed by atoms with Gasteiger partial charge in [-0.2, -0.15) is 0 Å². The van der Waals surface area contributed by atoms with Gasteiger partial charge in [0, 0.05) is 11.1 Å². The highest BCUT2D eigenvalue weighted by Gasteiger charge is 2.28. The van der Waals surface area contributed by atoms with Crippen molar-refractivity contribution in [2.24, 2.45) is 0 Å². The first kappa shape index (κ1) is 22.6. The summed E-state index contributed by atoms with van der Waals surface area (Å²) in [6.45, 7) is 15.1. The summed E-state index contributed by atoms with van der Waals surface area (Å²) in [5, 5.41) is 9.35. The van der Waals surface area contributed by atoms with Gasteiger partial charge in [0.05, 0.1) is 11.2 Å². The van der Waals surface area contributed by atoms with Crippen LogP contribution in [0.25, 0.3) is 22.5 Å². The third-order valence-corrected chi connectivity index (χ3v) is 5.97. The SMILES string of the molecule is CCCCc1ccc2c(c1)CCc1cc(OC(C)(C)C)ccc1-c1nnn(C(C)(C)C)c1-2. The van der Waals surface area contributed by atoms with Crippen molar-refractivity contribution < 1.29 is 4.74 Å². The first-order valence-electron chi connectivity index (χ1n) is 12.0. The van der Waals surface area contributed by atoms with Crippen molar-refractivity contribution in [2.45, 2.75) is 91.7 Å². The van der Waals surface area contributed by atoms with E-state index in [1.807, 2.05) is 0 Å². The Morgan fingerprint density at radius 1 is 0.906 bits per heavy atom. The minimum Gasteiger partial charge on any atom is -0.488 e. The van der Waals surface area contributed by atoms with Crippen molar-refractivity contribution in [3.05, 3.63) is 53.1 Å². The number of hydrogen-bond acceptors (Lipinski definition) is 3. The minimum absolute atomic E-state index is 0.159. The Morgan fingerprint density at radius 3 is 2.25 bits per heavy atom. The second-order valence-corrected chi connectivity index (χ2v) is 11.0. The lowest BCUT2D eigenvalue weighted by atomic mass is 9.87. The second kappa shape index (κ2) is 8.38. The molecule has 0 spiro atoms. The summed E-state index contributed by atoms with van der Waals surface area (Å²) >= 11 is 0. The van der Waals surface area contributed by atoms with E-state index in [1.54, 1.807) is 0 Å². The van der Waals surface area contributed by atoms with Gasteiger partial charge in [-0.05, 0) is 102 Å². The van der Waals surface area contributed by atoms with Crippen LogP contribution in [-0.2, 0) is 24.8 Å². The van der Waals surface area contributed by atoms with Crippen LogP contribution in [0, 0.1) is 0 Å². The molecule has 0 amide bonds. The van der Waals surface area contributed by atoms with E-state index in [4.69, 9.17) is 9.84 Å². The molecule has 0 saturated heterocycles. The molecule has 4 rings (SSSR count). The Kier molecular flexibility index (Phi) is 5.91. The maximum Gasteiger partial charge on any atom is 0.121 e. The average molecular weight is 432 g/mol. The lowest BCUT2D eigenvalue weighted by Gasteiger charge is -2.25. The zero-order valence-corrected chi connectivity index (χ0v) is 20.7. The molecule has 1 heterocycles. The average Bonchev–Trinajstić information content (AvgIpc) is 3.13. The predicted octanol–water partition coefficient (Wildman–Crippen LogP) is 6.99. The summed E-state index contributed by atoms with van der Waals surface area (Å²) in [5.41, 5.74) is 8.23. The predicted molar refractivity (Wildman–Crippen MR) is 132 cm³/mol. The van der Waals surface area contributed by atoms with E-state index >= 15 is 0 Å². The minimum atomic E-state index is -0.225. The highest BCUT2D eigenvalue weighted by atomic mass is 16.5. The Labute approximate surface area is 193 Å². The maximum absolute atomic E-state index is 6.18. The van der Waals surface area contributed by atoms with Gasteiger partial charge in [0.15, 0.2) is 0 Å². The highest BCUT2D eigenvalue weighted by Crippen LogP contribution is 2.41. The Balaban J connectivity index is 1.89. The number of aromatic nitrogens is 3. The van der Waals surface area contributed by atoms with E-state index in [0.29, 0.717) is 0 Å². The van der Waals surface area contributed by atoms with Crippen molar-refractivity contribution in [3.8, 4) is 28.3 Å². The normalized spacial score (nSPS) is 13.6. The summed E-state index contributed by atoms with van der Waals surface area (Å²) in [6, 6.07) is 13.4. The van der Waals surface area contributed by atoms with Crippen LogP contribution >= 0.6 is 0 Å². The standard InChI is InChI=1S/C28H37N3O/c1-8-9-10-19-11-15-24-20(17-19)12-13-21-18-22(32-28(5,6)7)14-16-23(21)25-26(24)31(30-29-25)27(2,3)4/h11,14-18H,8-10,12-13H2,1-7H3. The molecule has 0 fully saturated rings. The number of aryl methyl sites for hydroxylation is 3. The molecule has 1 aliphatic carbocycles. The van der Waals surface area contributed by atoms with Gasteiger partial charge in [-0.15, -0.1) is 5.10 Å². The monoisotopic (exact) mass is 431 g/mol. The summed E-state index contributed by atoms with van der Waals surface area (Å²) in [5.74, 6) is 0.915. The number of ether oxygens (including phenoxy) is 1. The molecule has 0 bridgehead atoms. The summed E-state index contributed by atoms with van der Waals surface area (Å²) < 4.78 is 8.28. The van der Waals surface area contributed by atoms with Crippen LogP contribution in [0.3, 0.4) is 0 Å². The Hall–Kier alpha value is -2.62. The molecule has 2 aromatic carbocycles. The van der Waals surface area contributed by atoms with E-state index in [9.17, 15) is 0 Å². The molecule has 0 radical (unpaired) electrons. The van der Waals surface area contributed by atoms with Gasteiger partial charge < -0.3 is 4.74 Å². The first-order valence-corrected chi connectivity index (χ1v) is 12.0. The molecular formula is C28H37N3O. The number of unbranched alkanes of at least 4 members (excludes halogenated alkanes) is 1. The quantitative estimate of drug-likeness (QED) is 0.447. The van der Waals surface area contributed by atoms with Crippen LogP contribution in [0.2, 0.25) is 0 Å².